The fourth-order valence-electron chi connectivity index (χ4n) is 0.724. The lowest BCUT2D eigenvalue weighted by molar-refractivity contribution is 1.26. The van der Waals surface area contributed by atoms with Crippen LogP contribution in [0.1, 0.15) is 18.9 Å². The van der Waals surface area contributed by atoms with Gasteiger partial charge in [-0.3, -0.25) is 0 Å². The maximum atomic E-state index is 5.62. The Balaban J connectivity index is 2.97. The third kappa shape index (κ3) is 2.24. The molecule has 0 saturated heterocycles. The highest BCUT2D eigenvalue weighted by Crippen LogP contribution is 2.15. The minimum absolute atomic E-state index is 0.623. The molecule has 0 aliphatic rings. The first-order valence-corrected chi connectivity index (χ1v) is 4.43. The van der Waals surface area contributed by atoms with Crippen molar-refractivity contribution in [2.45, 2.75) is 13.3 Å². The second kappa shape index (κ2) is 4.13. The third-order valence-electron chi connectivity index (χ3n) is 1.28. The summed E-state index contributed by atoms with van der Waals surface area (Å²) < 4.78 is 0.671. The van der Waals surface area contributed by atoms with Crippen molar-refractivity contribution in [3.63, 3.8) is 0 Å². The Labute approximate surface area is 80.3 Å². The van der Waals surface area contributed by atoms with E-state index in [4.69, 9.17) is 5.73 Å². The molecule has 1 aromatic heterocycles. The van der Waals surface area contributed by atoms with Crippen molar-refractivity contribution in [3.8, 4) is 11.8 Å². The van der Waals surface area contributed by atoms with E-state index in [1.54, 1.807) is 12.3 Å². The predicted octanol–water partition coefficient (Wildman–Crippen LogP) is 2.19. The van der Waals surface area contributed by atoms with E-state index >= 15 is 0 Å². The molecule has 0 fully saturated rings. The van der Waals surface area contributed by atoms with Gasteiger partial charge in [-0.25, -0.2) is 4.98 Å². The molecule has 0 amide bonds. The maximum absolute atomic E-state index is 5.62. The molecule has 0 aromatic carbocycles. The molecule has 12 heavy (non-hydrogen) atoms. The van der Waals surface area contributed by atoms with Gasteiger partial charge in [-0.1, -0.05) is 18.8 Å². The summed E-state index contributed by atoms with van der Waals surface area (Å²) in [5.41, 5.74) is 7.10. The van der Waals surface area contributed by atoms with Crippen molar-refractivity contribution < 1.29 is 0 Å². The number of nitrogens with zero attached hydrogens (tertiary/aromatic N) is 1. The van der Waals surface area contributed by atoms with Crippen LogP contribution < -0.4 is 5.73 Å². The molecule has 1 rings (SSSR count). The fraction of sp³-hybridized carbons (Fsp3) is 0.222. The molecular weight excluding hydrogens is 216 g/mol. The standard InChI is InChI=1S/C9H9BrN2/c1-2-3-4-7-5-8(11)9(10)12-6-7/h5-6H,2,11H2,1H3. The lowest BCUT2D eigenvalue weighted by atomic mass is 10.2. The summed E-state index contributed by atoms with van der Waals surface area (Å²) in [5, 5.41) is 0. The Morgan fingerprint density at radius 2 is 2.42 bits per heavy atom. The van der Waals surface area contributed by atoms with Crippen LogP contribution in [0, 0.1) is 11.8 Å². The molecule has 3 heteroatoms. The second-order valence-corrected chi connectivity index (χ2v) is 3.01. The van der Waals surface area contributed by atoms with Gasteiger partial charge in [-0.05, 0) is 22.0 Å². The maximum Gasteiger partial charge on any atom is 0.129 e. The van der Waals surface area contributed by atoms with Crippen LogP contribution in [0.3, 0.4) is 0 Å². The number of hydrogen-bond donors (Lipinski definition) is 1. The summed E-state index contributed by atoms with van der Waals surface area (Å²) in [6, 6.07) is 1.81. The Hall–Kier alpha value is -1.01. The number of nitrogens with two attached hydrogens (primary N) is 1. The van der Waals surface area contributed by atoms with Gasteiger partial charge < -0.3 is 5.73 Å². The Kier molecular flexibility index (Phi) is 3.12. The lowest BCUT2D eigenvalue weighted by Gasteiger charge is -1.95. The number of rotatable bonds is 0. The van der Waals surface area contributed by atoms with E-state index in [2.05, 4.69) is 32.8 Å². The van der Waals surface area contributed by atoms with E-state index in [0.717, 1.165) is 12.0 Å². The molecule has 0 aliphatic heterocycles. The first kappa shape index (κ1) is 9.08. The molecule has 62 valence electrons. The average Bonchev–Trinajstić information content (AvgIpc) is 2.07. The van der Waals surface area contributed by atoms with Gasteiger partial charge in [-0.15, -0.1) is 0 Å². The Morgan fingerprint density at radius 3 is 3.00 bits per heavy atom. The number of halogens is 1. The van der Waals surface area contributed by atoms with E-state index in [9.17, 15) is 0 Å². The summed E-state index contributed by atoms with van der Waals surface area (Å²) in [6.45, 7) is 2.00. The minimum Gasteiger partial charge on any atom is -0.397 e. The molecule has 0 saturated carbocycles. The molecule has 2 N–H and O–H groups in total. The first-order valence-electron chi connectivity index (χ1n) is 3.64. The highest BCUT2D eigenvalue weighted by Gasteiger charge is 1.95. The van der Waals surface area contributed by atoms with Gasteiger partial charge >= 0.3 is 0 Å². The molecule has 0 atom stereocenters. The van der Waals surface area contributed by atoms with E-state index in [-0.39, 0.29) is 0 Å². The van der Waals surface area contributed by atoms with Gasteiger partial charge in [0.05, 0.1) is 5.69 Å². The molecule has 1 aromatic rings. The molecule has 0 bridgehead atoms. The molecule has 1 heterocycles. The van der Waals surface area contributed by atoms with Crippen molar-refractivity contribution in [1.29, 1.82) is 0 Å². The Morgan fingerprint density at radius 1 is 1.67 bits per heavy atom. The zero-order valence-corrected chi connectivity index (χ0v) is 8.35. The molecule has 0 radical (unpaired) electrons. The summed E-state index contributed by atoms with van der Waals surface area (Å²) >= 11 is 3.21. The topological polar surface area (TPSA) is 38.9 Å². The van der Waals surface area contributed by atoms with Crippen molar-refractivity contribution >= 4 is 21.6 Å². The largest absolute Gasteiger partial charge is 0.397 e. The first-order chi connectivity index (χ1) is 5.74. The number of anilines is 1. The normalized spacial score (nSPS) is 8.83. The lowest BCUT2D eigenvalue weighted by Crippen LogP contribution is -1.90. The van der Waals surface area contributed by atoms with E-state index < -0.39 is 0 Å². The second-order valence-electron chi connectivity index (χ2n) is 2.26. The molecule has 0 aliphatic carbocycles. The Bertz CT molecular complexity index is 336. The highest BCUT2D eigenvalue weighted by molar-refractivity contribution is 9.10. The van der Waals surface area contributed by atoms with Gasteiger partial charge in [0.2, 0.25) is 0 Å². The van der Waals surface area contributed by atoms with E-state index in [0.29, 0.717) is 10.3 Å². The third-order valence-corrected chi connectivity index (χ3v) is 1.94. The number of pyridine rings is 1. The van der Waals surface area contributed by atoms with Crippen molar-refractivity contribution in [3.05, 3.63) is 22.4 Å². The summed E-state index contributed by atoms with van der Waals surface area (Å²) in [7, 11) is 0. The summed E-state index contributed by atoms with van der Waals surface area (Å²) in [4.78, 5) is 4.02. The molecular formula is C9H9BrN2. The van der Waals surface area contributed by atoms with Crippen LogP contribution >= 0.6 is 15.9 Å². The fourth-order valence-corrected chi connectivity index (χ4v) is 0.941. The molecule has 0 unspecified atom stereocenters. The smallest absolute Gasteiger partial charge is 0.129 e. The number of nitrogen functional groups attached to an aromatic ring is 1. The number of hydrogen-bond acceptors (Lipinski definition) is 2. The van der Waals surface area contributed by atoms with Crippen molar-refractivity contribution in [2.24, 2.45) is 0 Å². The van der Waals surface area contributed by atoms with Gasteiger partial charge in [0.15, 0.2) is 0 Å². The molecule has 0 spiro atoms. The zero-order valence-electron chi connectivity index (χ0n) is 6.76. The monoisotopic (exact) mass is 224 g/mol. The van der Waals surface area contributed by atoms with Gasteiger partial charge in [0.1, 0.15) is 4.60 Å². The highest BCUT2D eigenvalue weighted by atomic mass is 79.9. The average molecular weight is 225 g/mol. The van der Waals surface area contributed by atoms with E-state index in [1.165, 1.54) is 0 Å². The predicted molar refractivity (Wildman–Crippen MR) is 53.5 cm³/mol. The summed E-state index contributed by atoms with van der Waals surface area (Å²) in [6.07, 6.45) is 2.54. The van der Waals surface area contributed by atoms with E-state index in [1.807, 2.05) is 6.92 Å². The van der Waals surface area contributed by atoms with Crippen LogP contribution in [0.2, 0.25) is 0 Å². The van der Waals surface area contributed by atoms with Crippen LogP contribution in [0.4, 0.5) is 5.69 Å². The molecule has 2 nitrogen and oxygen atoms in total. The SMILES string of the molecule is CCC#Cc1cnc(Br)c(N)c1. The van der Waals surface area contributed by atoms with Crippen LogP contribution in [-0.4, -0.2) is 4.98 Å². The van der Waals surface area contributed by atoms with Crippen LogP contribution in [0.5, 0.6) is 0 Å². The zero-order chi connectivity index (χ0) is 8.97. The van der Waals surface area contributed by atoms with Crippen molar-refractivity contribution in [2.75, 3.05) is 5.73 Å². The van der Waals surface area contributed by atoms with Crippen LogP contribution in [0.15, 0.2) is 16.9 Å². The van der Waals surface area contributed by atoms with Gasteiger partial charge in [0.25, 0.3) is 0 Å². The number of aromatic nitrogens is 1. The van der Waals surface area contributed by atoms with Gasteiger partial charge in [0, 0.05) is 18.2 Å². The summed E-state index contributed by atoms with van der Waals surface area (Å²) in [5.74, 6) is 5.90. The minimum atomic E-state index is 0.623. The quantitative estimate of drug-likeness (QED) is 0.543. The van der Waals surface area contributed by atoms with Crippen molar-refractivity contribution in [1.82, 2.24) is 4.98 Å². The van der Waals surface area contributed by atoms with Crippen LogP contribution in [-0.2, 0) is 0 Å². The van der Waals surface area contributed by atoms with Gasteiger partial charge in [-0.2, -0.15) is 0 Å². The van der Waals surface area contributed by atoms with Crippen LogP contribution in [0.25, 0.3) is 0 Å².